The van der Waals surface area contributed by atoms with Gasteiger partial charge < -0.3 is 8.83 Å². The Balaban J connectivity index is 1.55. The van der Waals surface area contributed by atoms with Gasteiger partial charge in [-0.15, -0.1) is 0 Å². The largest absolute Gasteiger partial charge is 0.459 e. The van der Waals surface area contributed by atoms with Crippen LogP contribution in [0, 0.1) is 6.92 Å². The third-order valence-electron chi connectivity index (χ3n) is 3.55. The molecule has 2 aromatic heterocycles. The van der Waals surface area contributed by atoms with Crippen LogP contribution in [0.2, 0.25) is 0 Å². The molecule has 27 heavy (non-hydrogen) atoms. The fourth-order valence-corrected chi connectivity index (χ4v) is 3.14. The number of aryl methyl sites for hydroxylation is 1. The Morgan fingerprint density at radius 3 is 2.63 bits per heavy atom. The Hall–Kier alpha value is -3.17. The van der Waals surface area contributed by atoms with Crippen molar-refractivity contribution in [2.45, 2.75) is 18.4 Å². The lowest BCUT2D eigenvalue weighted by atomic mass is 10.2. The number of hydrogen-bond donors (Lipinski definition) is 2. The topological polar surface area (TPSA) is 114 Å². The highest BCUT2D eigenvalue weighted by Crippen LogP contribution is 2.12. The first kappa shape index (κ1) is 18.6. The summed E-state index contributed by atoms with van der Waals surface area (Å²) >= 11 is 0. The molecular weight excluding hydrogens is 370 g/mol. The third kappa shape index (κ3) is 4.93. The van der Waals surface area contributed by atoms with Crippen molar-refractivity contribution in [1.82, 2.24) is 10.1 Å². The van der Waals surface area contributed by atoms with Crippen LogP contribution in [0.4, 0.5) is 0 Å². The van der Waals surface area contributed by atoms with E-state index >= 15 is 0 Å². The van der Waals surface area contributed by atoms with Gasteiger partial charge in [-0.3, -0.25) is 4.79 Å². The zero-order valence-corrected chi connectivity index (χ0v) is 15.2. The van der Waals surface area contributed by atoms with Crippen molar-refractivity contribution < 1.29 is 22.0 Å². The zero-order valence-electron chi connectivity index (χ0n) is 14.4. The van der Waals surface area contributed by atoms with Crippen molar-refractivity contribution in [3.8, 4) is 0 Å². The van der Waals surface area contributed by atoms with Gasteiger partial charge in [0, 0.05) is 0 Å². The summed E-state index contributed by atoms with van der Waals surface area (Å²) in [5.74, 6) is 0.412. The van der Waals surface area contributed by atoms with Crippen molar-refractivity contribution in [3.05, 3.63) is 77.6 Å². The number of sulfonamides is 1. The smallest absolute Gasteiger partial charge is 0.307 e. The molecule has 140 valence electrons. The van der Waals surface area contributed by atoms with Gasteiger partial charge in [0.2, 0.25) is 10.0 Å². The number of nitrogens with zero attached hydrogens (tertiary/aromatic N) is 1. The lowest BCUT2D eigenvalue weighted by Crippen LogP contribution is -2.22. The van der Waals surface area contributed by atoms with E-state index < -0.39 is 15.9 Å². The molecule has 1 aromatic carbocycles. The molecule has 0 aliphatic rings. The molecule has 2 N–H and O–H groups in total. The van der Waals surface area contributed by atoms with Crippen molar-refractivity contribution in [1.29, 1.82) is 0 Å². The van der Waals surface area contributed by atoms with Crippen molar-refractivity contribution >= 4 is 22.1 Å². The molecular formula is C18H17N3O5S. The van der Waals surface area contributed by atoms with E-state index in [1.165, 1.54) is 18.5 Å². The van der Waals surface area contributed by atoms with Crippen LogP contribution in [0.3, 0.4) is 0 Å². The first-order valence-corrected chi connectivity index (χ1v) is 9.44. The molecule has 1 amide bonds. The summed E-state index contributed by atoms with van der Waals surface area (Å²) < 4.78 is 37.4. The average molecular weight is 387 g/mol. The maximum Gasteiger partial charge on any atom is 0.307 e. The van der Waals surface area contributed by atoms with Crippen LogP contribution in [-0.2, 0) is 16.6 Å². The summed E-state index contributed by atoms with van der Waals surface area (Å²) in [5.41, 5.74) is 3.27. The lowest BCUT2D eigenvalue weighted by Gasteiger charge is -2.05. The van der Waals surface area contributed by atoms with E-state index in [2.05, 4.69) is 15.2 Å². The van der Waals surface area contributed by atoms with E-state index in [0.717, 1.165) is 5.56 Å². The first-order valence-electron chi connectivity index (χ1n) is 7.96. The third-order valence-corrected chi connectivity index (χ3v) is 4.97. The van der Waals surface area contributed by atoms with Crippen LogP contribution >= 0.6 is 0 Å². The van der Waals surface area contributed by atoms with Crippen molar-refractivity contribution in [2.75, 3.05) is 0 Å². The lowest BCUT2D eigenvalue weighted by molar-refractivity contribution is 0.0927. The van der Waals surface area contributed by atoms with Gasteiger partial charge in [-0.25, -0.2) is 18.6 Å². The highest BCUT2D eigenvalue weighted by atomic mass is 32.2. The van der Waals surface area contributed by atoms with E-state index in [4.69, 9.17) is 8.83 Å². The number of benzene rings is 1. The van der Waals surface area contributed by atoms with Gasteiger partial charge in [0.25, 0.3) is 0 Å². The Morgan fingerprint density at radius 2 is 1.93 bits per heavy atom. The van der Waals surface area contributed by atoms with Gasteiger partial charge in [0.05, 0.1) is 23.9 Å². The van der Waals surface area contributed by atoms with Gasteiger partial charge in [0.15, 0.2) is 5.76 Å². The Bertz CT molecular complexity index is 1040. The van der Waals surface area contributed by atoms with Crippen LogP contribution in [0.25, 0.3) is 0 Å². The zero-order chi connectivity index (χ0) is 19.3. The Labute approximate surface area is 155 Å². The van der Waals surface area contributed by atoms with Crippen molar-refractivity contribution in [3.63, 3.8) is 0 Å². The molecule has 0 fully saturated rings. The van der Waals surface area contributed by atoms with E-state index in [-0.39, 0.29) is 17.2 Å². The second-order valence-corrected chi connectivity index (χ2v) is 7.39. The molecule has 2 heterocycles. The highest BCUT2D eigenvalue weighted by Gasteiger charge is 2.14. The molecule has 0 saturated carbocycles. The quantitative estimate of drug-likeness (QED) is 0.477. The van der Waals surface area contributed by atoms with Crippen molar-refractivity contribution in [2.24, 2.45) is 5.10 Å². The monoisotopic (exact) mass is 387 g/mol. The van der Waals surface area contributed by atoms with Gasteiger partial charge >= 0.3 is 5.91 Å². The standard InChI is InChI=1S/C18H17N3O5S/c1-13-4-8-16(9-5-13)27(23,24)20-12-15-7-6-14(26-15)11-19-21-18(22)17-3-2-10-25-17/h2-11,20H,12H2,1H3,(H,21,22). The second-order valence-electron chi connectivity index (χ2n) is 5.62. The van der Waals surface area contributed by atoms with Gasteiger partial charge in [-0.1, -0.05) is 17.7 Å². The maximum absolute atomic E-state index is 12.2. The van der Waals surface area contributed by atoms with Crippen LogP contribution in [0.1, 0.15) is 27.6 Å². The summed E-state index contributed by atoms with van der Waals surface area (Å²) in [4.78, 5) is 11.8. The fourth-order valence-electron chi connectivity index (χ4n) is 2.14. The molecule has 8 nitrogen and oxygen atoms in total. The van der Waals surface area contributed by atoms with E-state index in [1.807, 2.05) is 6.92 Å². The molecule has 0 radical (unpaired) electrons. The van der Waals surface area contributed by atoms with Crippen LogP contribution in [0.15, 0.2) is 73.6 Å². The minimum Gasteiger partial charge on any atom is -0.459 e. The van der Waals surface area contributed by atoms with Gasteiger partial charge in [-0.05, 0) is 43.3 Å². The summed E-state index contributed by atoms with van der Waals surface area (Å²) in [6.45, 7) is 1.87. The molecule has 0 unspecified atom stereocenters. The number of furan rings is 2. The molecule has 3 aromatic rings. The maximum atomic E-state index is 12.2. The number of amides is 1. The van der Waals surface area contributed by atoms with Gasteiger partial charge in [0.1, 0.15) is 11.5 Å². The summed E-state index contributed by atoms with van der Waals surface area (Å²) in [5, 5.41) is 3.76. The number of hydrazone groups is 1. The Kier molecular flexibility index (Phi) is 5.53. The van der Waals surface area contributed by atoms with Crippen LogP contribution in [0.5, 0.6) is 0 Å². The molecule has 0 atom stereocenters. The molecule has 0 aliphatic carbocycles. The molecule has 0 spiro atoms. The molecule has 0 saturated heterocycles. The number of rotatable bonds is 7. The SMILES string of the molecule is Cc1ccc(S(=O)(=O)NCc2ccc(C=NNC(=O)c3ccco3)o2)cc1. The first-order chi connectivity index (χ1) is 12.9. The second kappa shape index (κ2) is 8.02. The number of carbonyl (C=O) groups is 1. The number of carbonyl (C=O) groups excluding carboxylic acids is 1. The molecule has 9 heteroatoms. The fraction of sp³-hybridized carbons (Fsp3) is 0.111. The number of nitrogens with one attached hydrogen (secondary N) is 2. The minimum absolute atomic E-state index is 0.0111. The normalized spacial score (nSPS) is 11.7. The molecule has 0 aliphatic heterocycles. The highest BCUT2D eigenvalue weighted by molar-refractivity contribution is 7.89. The van der Waals surface area contributed by atoms with Crippen LogP contribution < -0.4 is 10.1 Å². The average Bonchev–Trinajstić information content (AvgIpc) is 3.32. The van der Waals surface area contributed by atoms with Crippen LogP contribution in [-0.4, -0.2) is 20.5 Å². The number of hydrogen-bond acceptors (Lipinski definition) is 6. The predicted molar refractivity (Wildman–Crippen MR) is 97.7 cm³/mol. The van der Waals surface area contributed by atoms with Gasteiger partial charge in [-0.2, -0.15) is 5.10 Å². The van der Waals surface area contributed by atoms with E-state index in [9.17, 15) is 13.2 Å². The summed E-state index contributed by atoms with van der Waals surface area (Å²) in [6.07, 6.45) is 2.69. The van der Waals surface area contributed by atoms with E-state index in [0.29, 0.717) is 11.5 Å². The van der Waals surface area contributed by atoms with E-state index in [1.54, 1.807) is 42.5 Å². The molecule has 3 rings (SSSR count). The Morgan fingerprint density at radius 1 is 1.15 bits per heavy atom. The summed E-state index contributed by atoms with van der Waals surface area (Å²) in [6, 6.07) is 12.9. The minimum atomic E-state index is -3.63. The molecule has 0 bridgehead atoms. The summed E-state index contributed by atoms with van der Waals surface area (Å²) in [7, 11) is -3.63. The predicted octanol–water partition coefficient (Wildman–Crippen LogP) is 2.42.